The van der Waals surface area contributed by atoms with Gasteiger partial charge in [-0.3, -0.25) is 0 Å². The number of hydrogen-bond donors (Lipinski definition) is 0. The number of aromatic nitrogens is 2. The summed E-state index contributed by atoms with van der Waals surface area (Å²) in [5, 5.41) is 11.4. The number of nitrogens with zero attached hydrogens (tertiary/aromatic N) is 2. The van der Waals surface area contributed by atoms with Crippen LogP contribution in [0.3, 0.4) is 0 Å². The summed E-state index contributed by atoms with van der Waals surface area (Å²) >= 11 is 0. The number of pyridine rings is 2. The van der Waals surface area contributed by atoms with Crippen molar-refractivity contribution in [3.8, 4) is 11.3 Å². The van der Waals surface area contributed by atoms with E-state index in [9.17, 15) is 0 Å². The van der Waals surface area contributed by atoms with Gasteiger partial charge in [0.25, 0.3) is 0 Å². The van der Waals surface area contributed by atoms with Crippen molar-refractivity contribution in [2.45, 2.75) is 76.0 Å². The molecule has 6 aromatic carbocycles. The van der Waals surface area contributed by atoms with Gasteiger partial charge in [-0.25, -0.2) is 0 Å². The molecule has 2 heterocycles. The van der Waals surface area contributed by atoms with Gasteiger partial charge in [0, 0.05) is 32.5 Å². The zero-order chi connectivity index (χ0) is 31.9. The van der Waals surface area contributed by atoms with E-state index >= 15 is 0 Å². The minimum atomic E-state index is 0. The second kappa shape index (κ2) is 14.0. The van der Waals surface area contributed by atoms with Crippen molar-refractivity contribution in [1.29, 1.82) is 0 Å². The number of benzene rings is 6. The maximum absolute atomic E-state index is 4.74. The minimum Gasteiger partial charge on any atom is -0.304 e. The van der Waals surface area contributed by atoms with E-state index in [0.717, 1.165) is 34.0 Å². The van der Waals surface area contributed by atoms with Gasteiger partial charge in [-0.2, -0.15) is 0 Å². The molecule has 1 radical (unpaired) electrons. The van der Waals surface area contributed by atoms with E-state index in [-0.39, 0.29) is 20.1 Å². The Labute approximate surface area is 302 Å². The topological polar surface area (TPSA) is 25.8 Å². The fourth-order valence-corrected chi connectivity index (χ4v) is 8.74. The molecule has 2 aromatic heterocycles. The van der Waals surface area contributed by atoms with Gasteiger partial charge in [0.2, 0.25) is 0 Å². The fourth-order valence-electron chi connectivity index (χ4n) is 8.74. The molecule has 3 heteroatoms. The van der Waals surface area contributed by atoms with E-state index in [2.05, 4.69) is 108 Å². The Morgan fingerprint density at radius 3 is 1.82 bits per heavy atom. The molecule has 0 saturated heterocycles. The Balaban J connectivity index is 0.000000139. The van der Waals surface area contributed by atoms with Gasteiger partial charge in [0.05, 0.1) is 0 Å². The molecule has 0 amide bonds. The molecule has 0 N–H and O–H groups in total. The Morgan fingerprint density at radius 2 is 1.14 bits per heavy atom. The van der Waals surface area contributed by atoms with Gasteiger partial charge in [0.1, 0.15) is 0 Å². The van der Waals surface area contributed by atoms with Crippen molar-refractivity contribution < 1.29 is 20.1 Å². The standard InChI is InChI=1S/C23H12N.C23H28N.Ir/c1-2-7-15-14(6-1)16-8-3-10-18-19-12-5-13-24-23(19)20-11-4-9-17(15)22(20)21(16)18;1-3-7-18(8-4-1)20-11-13-21(14-12-20)23-16-15-22(17-24-23)19-9-5-2-6-10-19;/h1-10,12-13H;11-13,15-19H,1-10H2;/q2*-1;. The van der Waals surface area contributed by atoms with Crippen LogP contribution in [-0.4, -0.2) is 9.97 Å². The van der Waals surface area contributed by atoms with Crippen LogP contribution in [0.15, 0.2) is 109 Å². The summed E-state index contributed by atoms with van der Waals surface area (Å²) in [6.07, 6.45) is 17.7. The van der Waals surface area contributed by atoms with Gasteiger partial charge < -0.3 is 9.97 Å². The second-order valence-electron chi connectivity index (χ2n) is 14.0. The largest absolute Gasteiger partial charge is 0.304 e. The zero-order valence-corrected chi connectivity index (χ0v) is 30.2. The van der Waals surface area contributed by atoms with Crippen LogP contribution in [0.1, 0.15) is 87.2 Å². The number of rotatable bonds is 3. The second-order valence-corrected chi connectivity index (χ2v) is 14.0. The molecule has 2 aliphatic rings. The minimum absolute atomic E-state index is 0. The van der Waals surface area contributed by atoms with Crippen LogP contribution in [-0.2, 0) is 20.1 Å². The summed E-state index contributed by atoms with van der Waals surface area (Å²) in [5.74, 6) is 1.49. The average Bonchev–Trinajstić information content (AvgIpc) is 3.19. The first-order valence-electron chi connectivity index (χ1n) is 18.0. The molecule has 0 bridgehead atoms. The van der Waals surface area contributed by atoms with Crippen LogP contribution in [0, 0.1) is 12.1 Å². The molecule has 0 spiro atoms. The Morgan fingerprint density at radius 1 is 0.510 bits per heavy atom. The molecule has 2 nitrogen and oxygen atoms in total. The van der Waals surface area contributed by atoms with Crippen LogP contribution < -0.4 is 0 Å². The summed E-state index contributed by atoms with van der Waals surface area (Å²) in [6.45, 7) is 0. The molecule has 245 valence electrons. The van der Waals surface area contributed by atoms with Gasteiger partial charge in [-0.1, -0.05) is 129 Å². The first-order valence-corrected chi connectivity index (χ1v) is 18.0. The Kier molecular flexibility index (Phi) is 9.15. The fraction of sp³-hybridized carbons (Fsp3) is 0.261. The van der Waals surface area contributed by atoms with Crippen molar-refractivity contribution >= 4 is 54.0 Å². The van der Waals surface area contributed by atoms with Crippen molar-refractivity contribution in [3.05, 3.63) is 133 Å². The van der Waals surface area contributed by atoms with Gasteiger partial charge in [-0.15, -0.1) is 59.0 Å². The molecular weight excluding hydrogens is 773 g/mol. The van der Waals surface area contributed by atoms with Crippen LogP contribution >= 0.6 is 0 Å². The van der Waals surface area contributed by atoms with Gasteiger partial charge >= 0.3 is 0 Å². The quantitative estimate of drug-likeness (QED) is 0.101. The SMILES string of the molecule is [Ir].[c-]1cc(C2CCCCC2)ccc1-c1ccc(C2CCCCC2)cn1.[c-]1ccc2c3ccccc3c3cccc4c5cccnc5c1c2c34. The van der Waals surface area contributed by atoms with Crippen molar-refractivity contribution in [3.63, 3.8) is 0 Å². The molecule has 10 rings (SSSR count). The summed E-state index contributed by atoms with van der Waals surface area (Å²) in [6, 6.07) is 41.8. The number of fused-ring (bicyclic) bond motifs is 6. The Bertz CT molecular complexity index is 2080. The van der Waals surface area contributed by atoms with Gasteiger partial charge in [-0.05, 0) is 73.9 Å². The smallest absolute Gasteiger partial charge is 0.0195 e. The van der Waals surface area contributed by atoms with E-state index in [1.807, 2.05) is 18.3 Å². The van der Waals surface area contributed by atoms with Crippen molar-refractivity contribution in [1.82, 2.24) is 9.97 Å². The van der Waals surface area contributed by atoms with Crippen molar-refractivity contribution in [2.24, 2.45) is 0 Å². The molecule has 2 fully saturated rings. The molecular formula is C46H40IrN2-2. The predicted octanol–water partition coefficient (Wildman–Crippen LogP) is 12.7. The normalized spacial score (nSPS) is 15.8. The van der Waals surface area contributed by atoms with Crippen LogP contribution in [0.2, 0.25) is 0 Å². The maximum atomic E-state index is 4.74. The molecule has 2 saturated carbocycles. The third kappa shape index (κ3) is 5.92. The third-order valence-corrected chi connectivity index (χ3v) is 11.2. The van der Waals surface area contributed by atoms with E-state index in [1.54, 1.807) is 0 Å². The molecule has 0 aliphatic heterocycles. The zero-order valence-electron chi connectivity index (χ0n) is 27.8. The van der Waals surface area contributed by atoms with Gasteiger partial charge in [0.15, 0.2) is 0 Å². The summed E-state index contributed by atoms with van der Waals surface area (Å²) in [4.78, 5) is 9.41. The molecule has 2 aliphatic carbocycles. The van der Waals surface area contributed by atoms with E-state index in [1.165, 1.54) is 118 Å². The summed E-state index contributed by atoms with van der Waals surface area (Å²) in [5.41, 5.74) is 6.13. The predicted molar refractivity (Wildman–Crippen MR) is 202 cm³/mol. The van der Waals surface area contributed by atoms with E-state index in [0.29, 0.717) is 0 Å². The molecule has 8 aromatic rings. The molecule has 0 atom stereocenters. The summed E-state index contributed by atoms with van der Waals surface area (Å²) < 4.78 is 0. The Hall–Kier alpha value is -4.17. The monoisotopic (exact) mass is 813 g/mol. The first kappa shape index (κ1) is 32.1. The van der Waals surface area contributed by atoms with Crippen LogP contribution in [0.25, 0.3) is 65.3 Å². The van der Waals surface area contributed by atoms with Crippen LogP contribution in [0.5, 0.6) is 0 Å². The van der Waals surface area contributed by atoms with Crippen LogP contribution in [0.4, 0.5) is 0 Å². The van der Waals surface area contributed by atoms with E-state index < -0.39 is 0 Å². The maximum Gasteiger partial charge on any atom is 0.0195 e. The van der Waals surface area contributed by atoms with Crippen molar-refractivity contribution in [2.75, 3.05) is 0 Å². The molecule has 49 heavy (non-hydrogen) atoms. The molecule has 0 unspecified atom stereocenters. The third-order valence-electron chi connectivity index (χ3n) is 11.2. The summed E-state index contributed by atoms with van der Waals surface area (Å²) in [7, 11) is 0. The number of hydrogen-bond acceptors (Lipinski definition) is 2. The average molecular weight is 813 g/mol. The van der Waals surface area contributed by atoms with E-state index in [4.69, 9.17) is 4.98 Å². The first-order chi connectivity index (χ1) is 23.8.